The van der Waals surface area contributed by atoms with Gasteiger partial charge in [0, 0.05) is 23.7 Å². The molecule has 1 fully saturated rings. The molecule has 0 aliphatic carbocycles. The molecule has 1 atom stereocenters. The van der Waals surface area contributed by atoms with Crippen LogP contribution in [0.3, 0.4) is 0 Å². The van der Waals surface area contributed by atoms with E-state index >= 15 is 0 Å². The van der Waals surface area contributed by atoms with Crippen molar-refractivity contribution in [3.05, 3.63) is 34.6 Å². The number of aliphatic carboxylic acids is 1. The van der Waals surface area contributed by atoms with E-state index in [1.54, 1.807) is 0 Å². The van der Waals surface area contributed by atoms with Crippen LogP contribution in [-0.4, -0.2) is 40.5 Å². The van der Waals surface area contributed by atoms with Gasteiger partial charge >= 0.3 is 5.97 Å². The number of likely N-dealkylation sites (tertiary alicyclic amines) is 1. The van der Waals surface area contributed by atoms with E-state index < -0.39 is 17.3 Å². The standard InChI is InChI=1S/C13H14ClFN2O3/c14-9-2-1-3-10(15)8(9)6-11(18)17-5-4-13(16,7-17)12(19)20/h1-3H,4-7,16H2,(H,19,20). The zero-order valence-electron chi connectivity index (χ0n) is 10.6. The van der Waals surface area contributed by atoms with E-state index in [1.165, 1.54) is 23.1 Å². The molecule has 0 aromatic heterocycles. The van der Waals surface area contributed by atoms with Gasteiger partial charge < -0.3 is 15.7 Å². The largest absolute Gasteiger partial charge is 0.480 e. The molecule has 3 N–H and O–H groups in total. The quantitative estimate of drug-likeness (QED) is 0.873. The van der Waals surface area contributed by atoms with E-state index in [-0.39, 0.29) is 42.4 Å². The Balaban J connectivity index is 2.09. The lowest BCUT2D eigenvalue weighted by molar-refractivity contribution is -0.143. The first-order chi connectivity index (χ1) is 9.33. The van der Waals surface area contributed by atoms with Crippen molar-refractivity contribution in [2.75, 3.05) is 13.1 Å². The van der Waals surface area contributed by atoms with E-state index in [1.807, 2.05) is 0 Å². The van der Waals surface area contributed by atoms with Crippen LogP contribution in [-0.2, 0) is 16.0 Å². The van der Waals surface area contributed by atoms with Crippen LogP contribution in [0.25, 0.3) is 0 Å². The number of amides is 1. The van der Waals surface area contributed by atoms with E-state index in [0.717, 1.165) is 0 Å². The number of rotatable bonds is 3. The summed E-state index contributed by atoms with van der Waals surface area (Å²) >= 11 is 5.86. The predicted molar refractivity (Wildman–Crippen MR) is 70.9 cm³/mol. The van der Waals surface area contributed by atoms with Crippen molar-refractivity contribution in [2.24, 2.45) is 5.73 Å². The molecule has 0 radical (unpaired) electrons. The monoisotopic (exact) mass is 300 g/mol. The topological polar surface area (TPSA) is 83.6 Å². The fourth-order valence-electron chi connectivity index (χ4n) is 2.18. The summed E-state index contributed by atoms with van der Waals surface area (Å²) in [4.78, 5) is 24.4. The first-order valence-electron chi connectivity index (χ1n) is 6.06. The summed E-state index contributed by atoms with van der Waals surface area (Å²) in [5.41, 5.74) is 4.38. The number of nitrogens with zero attached hydrogens (tertiary/aromatic N) is 1. The number of halogens is 2. The molecule has 108 valence electrons. The van der Waals surface area contributed by atoms with Gasteiger partial charge in [-0.05, 0) is 18.6 Å². The van der Waals surface area contributed by atoms with E-state index in [2.05, 4.69) is 0 Å². The van der Waals surface area contributed by atoms with Gasteiger partial charge in [0.05, 0.1) is 6.42 Å². The van der Waals surface area contributed by atoms with Crippen molar-refractivity contribution in [2.45, 2.75) is 18.4 Å². The second-order valence-electron chi connectivity index (χ2n) is 4.90. The highest BCUT2D eigenvalue weighted by Gasteiger charge is 2.42. The van der Waals surface area contributed by atoms with Gasteiger partial charge in [-0.1, -0.05) is 17.7 Å². The fourth-order valence-corrected chi connectivity index (χ4v) is 2.41. The molecule has 1 aromatic carbocycles. The van der Waals surface area contributed by atoms with Gasteiger partial charge in [-0.15, -0.1) is 0 Å². The van der Waals surface area contributed by atoms with Crippen LogP contribution in [0.1, 0.15) is 12.0 Å². The molecule has 1 aromatic rings. The van der Waals surface area contributed by atoms with Crippen molar-refractivity contribution in [3.63, 3.8) is 0 Å². The van der Waals surface area contributed by atoms with Crippen LogP contribution in [0, 0.1) is 5.82 Å². The van der Waals surface area contributed by atoms with E-state index in [4.69, 9.17) is 22.4 Å². The number of carboxylic acids is 1. The third kappa shape index (κ3) is 2.76. The van der Waals surface area contributed by atoms with Crippen LogP contribution in [0.2, 0.25) is 5.02 Å². The van der Waals surface area contributed by atoms with E-state index in [9.17, 15) is 14.0 Å². The number of carboxylic acid groups (broad SMARTS) is 1. The first kappa shape index (κ1) is 14.7. The van der Waals surface area contributed by atoms with Gasteiger partial charge in [-0.3, -0.25) is 9.59 Å². The molecule has 1 amide bonds. The second kappa shape index (κ2) is 5.38. The fraction of sp³-hybridized carbons (Fsp3) is 0.385. The van der Waals surface area contributed by atoms with Crippen molar-refractivity contribution in [3.8, 4) is 0 Å². The molecular formula is C13H14ClFN2O3. The summed E-state index contributed by atoms with van der Waals surface area (Å²) in [6, 6.07) is 4.18. The summed E-state index contributed by atoms with van der Waals surface area (Å²) in [5.74, 6) is -2.08. The molecule has 0 bridgehead atoms. The van der Waals surface area contributed by atoms with Crippen LogP contribution in [0.15, 0.2) is 18.2 Å². The minimum absolute atomic E-state index is 0.0762. The number of carbonyl (C=O) groups excluding carboxylic acids is 1. The molecule has 7 heteroatoms. The minimum atomic E-state index is -1.42. The van der Waals surface area contributed by atoms with Crippen molar-refractivity contribution in [1.82, 2.24) is 4.90 Å². The molecule has 1 aliphatic rings. The first-order valence-corrected chi connectivity index (χ1v) is 6.44. The van der Waals surface area contributed by atoms with Crippen molar-refractivity contribution in [1.29, 1.82) is 0 Å². The van der Waals surface area contributed by atoms with Gasteiger partial charge in [-0.2, -0.15) is 0 Å². The molecule has 20 heavy (non-hydrogen) atoms. The maximum Gasteiger partial charge on any atom is 0.325 e. The summed E-state index contributed by atoms with van der Waals surface area (Å²) in [6.45, 7) is 0.168. The molecule has 1 heterocycles. The van der Waals surface area contributed by atoms with Gasteiger partial charge in [0.15, 0.2) is 0 Å². The highest BCUT2D eigenvalue weighted by Crippen LogP contribution is 2.23. The summed E-state index contributed by atoms with van der Waals surface area (Å²) < 4.78 is 13.6. The Labute approximate surface area is 120 Å². The minimum Gasteiger partial charge on any atom is -0.480 e. The van der Waals surface area contributed by atoms with Crippen molar-refractivity contribution >= 4 is 23.5 Å². The molecule has 0 spiro atoms. The second-order valence-corrected chi connectivity index (χ2v) is 5.31. The molecule has 1 aliphatic heterocycles. The van der Waals surface area contributed by atoms with Crippen LogP contribution in [0.5, 0.6) is 0 Å². The normalized spacial score (nSPS) is 22.1. The lowest BCUT2D eigenvalue weighted by Gasteiger charge is -2.20. The highest BCUT2D eigenvalue weighted by molar-refractivity contribution is 6.31. The Morgan fingerprint density at radius 3 is 2.75 bits per heavy atom. The maximum atomic E-state index is 13.6. The average Bonchev–Trinajstić information content (AvgIpc) is 2.78. The summed E-state index contributed by atoms with van der Waals surface area (Å²) in [5, 5.41) is 9.18. The zero-order valence-corrected chi connectivity index (χ0v) is 11.4. The van der Waals surface area contributed by atoms with Crippen LogP contribution < -0.4 is 5.73 Å². The summed E-state index contributed by atoms with van der Waals surface area (Å²) in [6.07, 6.45) is -0.0275. The zero-order chi connectivity index (χ0) is 14.9. The number of nitrogens with two attached hydrogens (primary N) is 1. The smallest absolute Gasteiger partial charge is 0.325 e. The number of benzene rings is 1. The highest BCUT2D eigenvalue weighted by atomic mass is 35.5. The molecule has 1 saturated heterocycles. The molecular weight excluding hydrogens is 287 g/mol. The Morgan fingerprint density at radius 1 is 1.50 bits per heavy atom. The average molecular weight is 301 g/mol. The lowest BCUT2D eigenvalue weighted by Crippen LogP contribution is -2.50. The van der Waals surface area contributed by atoms with Gasteiger partial charge in [0.25, 0.3) is 0 Å². The van der Waals surface area contributed by atoms with Gasteiger partial charge in [-0.25, -0.2) is 4.39 Å². The molecule has 1 unspecified atom stereocenters. The number of hydrogen-bond donors (Lipinski definition) is 2. The van der Waals surface area contributed by atoms with E-state index in [0.29, 0.717) is 0 Å². The van der Waals surface area contributed by atoms with Gasteiger partial charge in [0.1, 0.15) is 11.4 Å². The SMILES string of the molecule is NC1(C(=O)O)CCN(C(=O)Cc2c(F)cccc2Cl)C1. The Bertz CT molecular complexity index is 546. The summed E-state index contributed by atoms with van der Waals surface area (Å²) in [7, 11) is 0. The van der Waals surface area contributed by atoms with Crippen LogP contribution in [0.4, 0.5) is 4.39 Å². The van der Waals surface area contributed by atoms with Crippen molar-refractivity contribution < 1.29 is 19.1 Å². The third-order valence-corrected chi connectivity index (χ3v) is 3.82. The predicted octanol–water partition coefficient (Wildman–Crippen LogP) is 1.04. The molecule has 2 rings (SSSR count). The Hall–Kier alpha value is -1.66. The Kier molecular flexibility index (Phi) is 3.96. The van der Waals surface area contributed by atoms with Gasteiger partial charge in [0.2, 0.25) is 5.91 Å². The Morgan fingerprint density at radius 2 is 2.20 bits per heavy atom. The lowest BCUT2D eigenvalue weighted by atomic mass is 10.0. The third-order valence-electron chi connectivity index (χ3n) is 3.47. The number of carbonyl (C=O) groups is 2. The maximum absolute atomic E-state index is 13.6. The number of hydrogen-bond acceptors (Lipinski definition) is 3. The van der Waals surface area contributed by atoms with Crippen LogP contribution >= 0.6 is 11.6 Å². The molecule has 5 nitrogen and oxygen atoms in total. The molecule has 0 saturated carbocycles.